The second kappa shape index (κ2) is 9.18. The molecule has 2 aromatic heterocycles. The number of aryl methyl sites for hydroxylation is 4. The number of hydrogen-bond acceptors (Lipinski definition) is 3. The lowest BCUT2D eigenvalue weighted by Gasteiger charge is -2.16. The molecule has 0 aliphatic carbocycles. The van der Waals surface area contributed by atoms with E-state index in [-0.39, 0.29) is 0 Å². The van der Waals surface area contributed by atoms with Crippen LogP contribution in [0.25, 0.3) is 44.1 Å². The monoisotopic (exact) mass is 479 g/mol. The van der Waals surface area contributed by atoms with Crippen LogP contribution in [0.3, 0.4) is 0 Å². The second-order valence-corrected chi connectivity index (χ2v) is 9.80. The zero-order valence-corrected chi connectivity index (χ0v) is 21.6. The van der Waals surface area contributed by atoms with Crippen molar-refractivity contribution >= 4 is 33.4 Å². The Bertz CT molecular complexity index is 1760. The fourth-order valence-corrected chi connectivity index (χ4v) is 5.50. The van der Waals surface area contributed by atoms with E-state index in [2.05, 4.69) is 124 Å². The summed E-state index contributed by atoms with van der Waals surface area (Å²) in [5.41, 5.74) is 11.9. The zero-order chi connectivity index (χ0) is 25.5. The summed E-state index contributed by atoms with van der Waals surface area (Å²) in [6.45, 7) is 8.68. The molecule has 180 valence electrons. The summed E-state index contributed by atoms with van der Waals surface area (Å²) >= 11 is 0. The molecule has 0 aliphatic heterocycles. The van der Waals surface area contributed by atoms with Gasteiger partial charge < -0.3 is 5.32 Å². The summed E-state index contributed by atoms with van der Waals surface area (Å²) in [7, 11) is 0. The average molecular weight is 480 g/mol. The molecule has 6 rings (SSSR count). The minimum Gasteiger partial charge on any atom is -0.325 e. The molecule has 4 aromatic carbocycles. The first-order chi connectivity index (χ1) is 18.0. The SMILES string of the molecule is Cc1cccc(C)c1-c1cccc2nc(Nc3cc(-c4c(C)cccc4C)c4ccccc4n3)ccc12. The van der Waals surface area contributed by atoms with Gasteiger partial charge in [-0.25, -0.2) is 9.97 Å². The highest BCUT2D eigenvalue weighted by molar-refractivity contribution is 5.99. The highest BCUT2D eigenvalue weighted by atomic mass is 15.1. The number of rotatable bonds is 4. The molecule has 3 heteroatoms. The first kappa shape index (κ1) is 22.9. The number of benzene rings is 4. The van der Waals surface area contributed by atoms with Crippen LogP contribution >= 0.6 is 0 Å². The van der Waals surface area contributed by atoms with E-state index in [1.54, 1.807) is 0 Å². The van der Waals surface area contributed by atoms with Crippen molar-refractivity contribution < 1.29 is 0 Å². The predicted octanol–water partition coefficient (Wildman–Crippen LogP) is 9.09. The predicted molar refractivity (Wildman–Crippen MR) is 157 cm³/mol. The lowest BCUT2D eigenvalue weighted by atomic mass is 9.93. The third-order valence-electron chi connectivity index (χ3n) is 7.21. The Morgan fingerprint density at radius 3 is 1.65 bits per heavy atom. The van der Waals surface area contributed by atoms with Gasteiger partial charge >= 0.3 is 0 Å². The Labute approximate surface area is 217 Å². The van der Waals surface area contributed by atoms with Crippen LogP contribution in [0.1, 0.15) is 22.3 Å². The van der Waals surface area contributed by atoms with Gasteiger partial charge in [0.05, 0.1) is 11.0 Å². The molecule has 0 unspecified atom stereocenters. The maximum absolute atomic E-state index is 4.98. The molecular formula is C34H29N3. The first-order valence-electron chi connectivity index (χ1n) is 12.7. The Morgan fingerprint density at radius 1 is 0.459 bits per heavy atom. The van der Waals surface area contributed by atoms with Gasteiger partial charge in [-0.2, -0.15) is 0 Å². The molecule has 2 heterocycles. The third kappa shape index (κ3) is 4.13. The zero-order valence-electron chi connectivity index (χ0n) is 21.6. The van der Waals surface area contributed by atoms with Gasteiger partial charge in [0.1, 0.15) is 11.6 Å². The number of aromatic nitrogens is 2. The molecule has 1 N–H and O–H groups in total. The number of para-hydroxylation sites is 1. The standard InChI is InChI=1S/C34H29N3/c1-21-10-7-11-22(2)33(21)27-15-9-17-30-26(27)18-19-31(35-30)37-32-20-28(25-14-5-6-16-29(25)36-32)34-23(3)12-8-13-24(34)4/h5-20H,1-4H3,(H,35,36,37). The Morgan fingerprint density at radius 2 is 0.973 bits per heavy atom. The maximum atomic E-state index is 4.98. The molecule has 37 heavy (non-hydrogen) atoms. The molecule has 0 saturated carbocycles. The number of pyridine rings is 2. The fourth-order valence-electron chi connectivity index (χ4n) is 5.50. The third-order valence-corrected chi connectivity index (χ3v) is 7.21. The van der Waals surface area contributed by atoms with Crippen molar-refractivity contribution in [2.45, 2.75) is 27.7 Å². The van der Waals surface area contributed by atoms with Crippen LogP contribution in [0.15, 0.2) is 97.1 Å². The van der Waals surface area contributed by atoms with E-state index < -0.39 is 0 Å². The maximum Gasteiger partial charge on any atom is 0.132 e. The number of hydrogen-bond donors (Lipinski definition) is 1. The van der Waals surface area contributed by atoms with Crippen LogP contribution in [0.5, 0.6) is 0 Å². The topological polar surface area (TPSA) is 37.8 Å². The Hall–Kier alpha value is -4.50. The van der Waals surface area contributed by atoms with Crippen molar-refractivity contribution in [1.29, 1.82) is 0 Å². The van der Waals surface area contributed by atoms with Crippen molar-refractivity contribution in [3.63, 3.8) is 0 Å². The summed E-state index contributed by atoms with van der Waals surface area (Å²) in [5, 5.41) is 5.79. The second-order valence-electron chi connectivity index (χ2n) is 9.80. The lowest BCUT2D eigenvalue weighted by Crippen LogP contribution is -1.99. The molecule has 0 aliphatic rings. The normalized spacial score (nSPS) is 11.2. The highest BCUT2D eigenvalue weighted by Gasteiger charge is 2.14. The van der Waals surface area contributed by atoms with Crippen LogP contribution < -0.4 is 5.32 Å². The summed E-state index contributed by atoms with van der Waals surface area (Å²) in [5.74, 6) is 1.57. The molecule has 3 nitrogen and oxygen atoms in total. The molecule has 0 fully saturated rings. The van der Waals surface area contributed by atoms with Gasteiger partial charge in [-0.15, -0.1) is 0 Å². The minimum atomic E-state index is 0.779. The molecule has 0 spiro atoms. The number of nitrogens with zero attached hydrogens (tertiary/aromatic N) is 2. The van der Waals surface area contributed by atoms with E-state index in [1.165, 1.54) is 44.5 Å². The molecular weight excluding hydrogens is 450 g/mol. The Balaban J connectivity index is 1.45. The molecule has 0 radical (unpaired) electrons. The molecule has 0 atom stereocenters. The molecule has 6 aromatic rings. The number of anilines is 2. The fraction of sp³-hybridized carbons (Fsp3) is 0.118. The van der Waals surface area contributed by atoms with E-state index in [1.807, 2.05) is 6.07 Å². The van der Waals surface area contributed by atoms with Crippen LogP contribution in [0, 0.1) is 27.7 Å². The van der Waals surface area contributed by atoms with Gasteiger partial charge in [-0.05, 0) is 103 Å². The Kier molecular flexibility index (Phi) is 5.69. The van der Waals surface area contributed by atoms with E-state index in [0.717, 1.165) is 33.4 Å². The minimum absolute atomic E-state index is 0.779. The van der Waals surface area contributed by atoms with Crippen LogP contribution in [-0.2, 0) is 0 Å². The van der Waals surface area contributed by atoms with Gasteiger partial charge in [0.2, 0.25) is 0 Å². The van der Waals surface area contributed by atoms with Gasteiger partial charge in [0, 0.05) is 10.8 Å². The van der Waals surface area contributed by atoms with Crippen molar-refractivity contribution in [3.05, 3.63) is 119 Å². The molecule has 0 bridgehead atoms. The number of nitrogens with one attached hydrogen (secondary N) is 1. The van der Waals surface area contributed by atoms with Crippen molar-refractivity contribution in [2.75, 3.05) is 5.32 Å². The van der Waals surface area contributed by atoms with Gasteiger partial charge in [-0.3, -0.25) is 0 Å². The van der Waals surface area contributed by atoms with Crippen LogP contribution in [0.2, 0.25) is 0 Å². The summed E-state index contributed by atoms with van der Waals surface area (Å²) < 4.78 is 0. The van der Waals surface area contributed by atoms with Crippen molar-refractivity contribution in [3.8, 4) is 22.3 Å². The van der Waals surface area contributed by atoms with Crippen LogP contribution in [-0.4, -0.2) is 9.97 Å². The lowest BCUT2D eigenvalue weighted by molar-refractivity contribution is 1.31. The molecule has 0 saturated heterocycles. The highest BCUT2D eigenvalue weighted by Crippen LogP contribution is 2.36. The van der Waals surface area contributed by atoms with Crippen molar-refractivity contribution in [1.82, 2.24) is 9.97 Å². The van der Waals surface area contributed by atoms with Gasteiger partial charge in [-0.1, -0.05) is 66.7 Å². The van der Waals surface area contributed by atoms with Crippen molar-refractivity contribution in [2.24, 2.45) is 0 Å². The van der Waals surface area contributed by atoms with E-state index in [4.69, 9.17) is 9.97 Å². The van der Waals surface area contributed by atoms with E-state index in [0.29, 0.717) is 0 Å². The summed E-state index contributed by atoms with van der Waals surface area (Å²) in [6.07, 6.45) is 0. The van der Waals surface area contributed by atoms with E-state index >= 15 is 0 Å². The first-order valence-corrected chi connectivity index (χ1v) is 12.7. The molecule has 0 amide bonds. The number of fused-ring (bicyclic) bond motifs is 2. The largest absolute Gasteiger partial charge is 0.325 e. The van der Waals surface area contributed by atoms with Gasteiger partial charge in [0.15, 0.2) is 0 Å². The van der Waals surface area contributed by atoms with Crippen LogP contribution in [0.4, 0.5) is 11.6 Å². The van der Waals surface area contributed by atoms with E-state index in [9.17, 15) is 0 Å². The smallest absolute Gasteiger partial charge is 0.132 e. The van der Waals surface area contributed by atoms with Gasteiger partial charge in [0.25, 0.3) is 0 Å². The average Bonchev–Trinajstić information content (AvgIpc) is 2.88. The summed E-state index contributed by atoms with van der Waals surface area (Å²) in [4.78, 5) is 9.92. The quantitative estimate of drug-likeness (QED) is 0.274. The summed E-state index contributed by atoms with van der Waals surface area (Å²) in [6, 6.07) is 34.0.